The molecule has 0 fully saturated rings. The Hall–Kier alpha value is -0.646. The van der Waals surface area contributed by atoms with Crippen LogP contribution in [0, 0.1) is 0 Å². The van der Waals surface area contributed by atoms with Crippen LogP contribution in [-0.4, -0.2) is 34.4 Å². The maximum Gasteiger partial charge on any atom is 2.00 e. The summed E-state index contributed by atoms with van der Waals surface area (Å²) in [6, 6.07) is 0. The monoisotopic (exact) mass is 206 g/mol. The van der Waals surface area contributed by atoms with Gasteiger partial charge in [-0.15, -0.1) is 0 Å². The molecule has 0 heterocycles. The van der Waals surface area contributed by atoms with Crippen molar-refractivity contribution in [3.05, 3.63) is 0 Å². The Labute approximate surface area is 71.4 Å². The second kappa shape index (κ2) is 5.06. The normalized spacial score (nSPS) is 14.4. The summed E-state index contributed by atoms with van der Waals surface area (Å²) in [7, 11) is 0. The van der Waals surface area contributed by atoms with Crippen LogP contribution < -0.4 is 10.2 Å². The SMILES string of the molecule is O=C([O-])[C@H](O)[C@@H](O)C(=O)[O-].[Ni+2]. The minimum Gasteiger partial charge on any atom is -0.547 e. The number of aliphatic hydroxyl groups excluding tert-OH is 2. The fraction of sp³-hybridized carbons (Fsp3) is 0.500. The van der Waals surface area contributed by atoms with E-state index in [2.05, 4.69) is 0 Å². The molecule has 0 saturated carbocycles. The maximum atomic E-state index is 9.63. The van der Waals surface area contributed by atoms with Crippen molar-refractivity contribution in [2.75, 3.05) is 0 Å². The van der Waals surface area contributed by atoms with Gasteiger partial charge in [0.15, 0.2) is 0 Å². The van der Waals surface area contributed by atoms with E-state index in [0.717, 1.165) is 0 Å². The standard InChI is InChI=1S/C4H6O6.Ni/c5-1(3(7)8)2(6)4(9)10;/h1-2,5-6H,(H,7,8)(H,9,10);/q;+2/p-2/t1-,2-;/m1./s1. The van der Waals surface area contributed by atoms with E-state index in [-0.39, 0.29) is 16.5 Å². The topological polar surface area (TPSA) is 121 Å². The van der Waals surface area contributed by atoms with Crippen molar-refractivity contribution in [1.29, 1.82) is 0 Å². The van der Waals surface area contributed by atoms with Gasteiger partial charge in [0.25, 0.3) is 0 Å². The number of carbonyl (C=O) groups excluding carboxylic acids is 2. The van der Waals surface area contributed by atoms with Gasteiger partial charge < -0.3 is 30.0 Å². The summed E-state index contributed by atoms with van der Waals surface area (Å²) in [6.45, 7) is 0. The predicted octanol–water partition coefficient (Wildman–Crippen LogP) is -4.79. The van der Waals surface area contributed by atoms with Crippen molar-refractivity contribution < 1.29 is 46.5 Å². The molecule has 0 rings (SSSR count). The molecule has 6 nitrogen and oxygen atoms in total. The molecule has 0 bridgehead atoms. The molecule has 0 unspecified atom stereocenters. The molecule has 0 aromatic heterocycles. The molecule has 11 heavy (non-hydrogen) atoms. The average Bonchev–Trinajstić information content (AvgIpc) is 1.84. The van der Waals surface area contributed by atoms with Gasteiger partial charge in [-0.05, 0) is 0 Å². The Balaban J connectivity index is 0. The molecule has 0 radical (unpaired) electrons. The van der Waals surface area contributed by atoms with E-state index in [1.807, 2.05) is 0 Å². The molecule has 0 aliphatic carbocycles. The van der Waals surface area contributed by atoms with Gasteiger partial charge in [-0.25, -0.2) is 0 Å². The van der Waals surface area contributed by atoms with Crippen LogP contribution in [0.5, 0.6) is 0 Å². The molecule has 2 N–H and O–H groups in total. The van der Waals surface area contributed by atoms with E-state index >= 15 is 0 Å². The zero-order valence-electron chi connectivity index (χ0n) is 5.00. The number of rotatable bonds is 3. The number of aliphatic hydroxyl groups is 2. The molecule has 0 amide bonds. The van der Waals surface area contributed by atoms with Crippen LogP contribution in [0.25, 0.3) is 0 Å². The number of hydrogen-bond donors (Lipinski definition) is 2. The molecule has 66 valence electrons. The van der Waals surface area contributed by atoms with Gasteiger partial charge in [0.1, 0.15) is 12.2 Å². The van der Waals surface area contributed by atoms with E-state index in [1.165, 1.54) is 0 Å². The Morgan fingerprint density at radius 2 is 1.18 bits per heavy atom. The minimum atomic E-state index is -2.44. The first kappa shape index (κ1) is 13.0. The van der Waals surface area contributed by atoms with Crippen LogP contribution in [0.1, 0.15) is 0 Å². The Bertz CT molecular complexity index is 139. The molecule has 0 aliphatic rings. The number of hydrogen-bond acceptors (Lipinski definition) is 6. The van der Waals surface area contributed by atoms with E-state index in [1.54, 1.807) is 0 Å². The molecule has 0 spiro atoms. The number of carboxylic acids is 2. The second-order valence-corrected chi connectivity index (χ2v) is 1.53. The number of carbonyl (C=O) groups is 2. The van der Waals surface area contributed by atoms with Gasteiger partial charge in [0, 0.05) is 0 Å². The Morgan fingerprint density at radius 3 is 1.27 bits per heavy atom. The molecule has 0 saturated heterocycles. The van der Waals surface area contributed by atoms with E-state index in [9.17, 15) is 19.8 Å². The summed E-state index contributed by atoms with van der Waals surface area (Å²) in [5.41, 5.74) is 0. The first-order chi connectivity index (χ1) is 4.46. The summed E-state index contributed by atoms with van der Waals surface area (Å²) >= 11 is 0. The fourth-order valence-electron chi connectivity index (χ4n) is 0.258. The fourth-order valence-corrected chi connectivity index (χ4v) is 0.258. The summed E-state index contributed by atoms with van der Waals surface area (Å²) in [5.74, 6) is -4.12. The maximum absolute atomic E-state index is 9.63. The van der Waals surface area contributed by atoms with Crippen molar-refractivity contribution in [2.45, 2.75) is 12.2 Å². The van der Waals surface area contributed by atoms with Crippen molar-refractivity contribution in [3.8, 4) is 0 Å². The quantitative estimate of drug-likeness (QED) is 0.447. The first-order valence-electron chi connectivity index (χ1n) is 2.24. The first-order valence-corrected chi connectivity index (χ1v) is 2.24. The molecule has 0 aliphatic heterocycles. The van der Waals surface area contributed by atoms with Gasteiger partial charge in [-0.2, -0.15) is 0 Å². The van der Waals surface area contributed by atoms with Crippen molar-refractivity contribution >= 4 is 11.9 Å². The van der Waals surface area contributed by atoms with Gasteiger partial charge in [-0.3, -0.25) is 0 Å². The van der Waals surface area contributed by atoms with Crippen molar-refractivity contribution in [1.82, 2.24) is 0 Å². The van der Waals surface area contributed by atoms with Crippen LogP contribution in [-0.2, 0) is 26.1 Å². The molecule has 0 aromatic rings. The van der Waals surface area contributed by atoms with Gasteiger partial charge in [0.2, 0.25) is 0 Å². The summed E-state index contributed by atoms with van der Waals surface area (Å²) in [4.78, 5) is 19.3. The molecule has 0 aromatic carbocycles. The predicted molar refractivity (Wildman–Crippen MR) is 22.0 cm³/mol. The van der Waals surface area contributed by atoms with Crippen LogP contribution in [0.2, 0.25) is 0 Å². The number of carboxylic acid groups (broad SMARTS) is 2. The van der Waals surface area contributed by atoms with Gasteiger partial charge >= 0.3 is 16.5 Å². The van der Waals surface area contributed by atoms with Gasteiger partial charge in [-0.1, -0.05) is 0 Å². The molecule has 2 atom stereocenters. The van der Waals surface area contributed by atoms with Gasteiger partial charge in [0.05, 0.1) is 11.9 Å². The van der Waals surface area contributed by atoms with Crippen LogP contribution in [0.4, 0.5) is 0 Å². The van der Waals surface area contributed by atoms with E-state index in [4.69, 9.17) is 10.2 Å². The molecular formula is C4H4NiO6. The van der Waals surface area contributed by atoms with E-state index < -0.39 is 24.1 Å². The third-order valence-corrected chi connectivity index (χ3v) is 0.782. The van der Waals surface area contributed by atoms with Crippen LogP contribution in [0.15, 0.2) is 0 Å². The van der Waals surface area contributed by atoms with Crippen LogP contribution >= 0.6 is 0 Å². The Morgan fingerprint density at radius 1 is 1.00 bits per heavy atom. The van der Waals surface area contributed by atoms with E-state index in [0.29, 0.717) is 0 Å². The third kappa shape index (κ3) is 3.92. The zero-order chi connectivity index (χ0) is 8.31. The Kier molecular flexibility index (Phi) is 5.98. The number of aliphatic carboxylic acids is 2. The second-order valence-electron chi connectivity index (χ2n) is 1.53. The zero-order valence-corrected chi connectivity index (χ0v) is 5.99. The summed E-state index contributed by atoms with van der Waals surface area (Å²) in [6.07, 6.45) is -4.88. The van der Waals surface area contributed by atoms with Crippen molar-refractivity contribution in [3.63, 3.8) is 0 Å². The molecular weight excluding hydrogens is 203 g/mol. The molecule has 7 heteroatoms. The average molecular weight is 207 g/mol. The van der Waals surface area contributed by atoms with Crippen LogP contribution in [0.3, 0.4) is 0 Å². The largest absolute Gasteiger partial charge is 2.00 e. The smallest absolute Gasteiger partial charge is 0.547 e. The minimum absolute atomic E-state index is 0. The third-order valence-electron chi connectivity index (χ3n) is 0.782. The summed E-state index contributed by atoms with van der Waals surface area (Å²) in [5, 5.41) is 35.7. The van der Waals surface area contributed by atoms with Crippen molar-refractivity contribution in [2.24, 2.45) is 0 Å². The summed E-state index contributed by atoms with van der Waals surface area (Å²) < 4.78 is 0.